The lowest BCUT2D eigenvalue weighted by molar-refractivity contribution is -0.120. The van der Waals surface area contributed by atoms with E-state index in [-0.39, 0.29) is 23.1 Å². The number of benzene rings is 1. The lowest BCUT2D eigenvalue weighted by Gasteiger charge is -2.31. The van der Waals surface area contributed by atoms with Crippen LogP contribution in [0.25, 0.3) is 12.2 Å². The first-order valence-corrected chi connectivity index (χ1v) is 13.1. The Kier molecular flexibility index (Phi) is 6.83. The minimum atomic E-state index is -3.88. The fourth-order valence-corrected chi connectivity index (χ4v) is 6.34. The Hall–Kier alpha value is -2.75. The molecule has 1 fully saturated rings. The van der Waals surface area contributed by atoms with Gasteiger partial charge in [0, 0.05) is 23.7 Å². The Bertz CT molecular complexity index is 1280. The maximum atomic E-state index is 13.5. The Morgan fingerprint density at radius 3 is 2.82 bits per heavy atom. The lowest BCUT2D eigenvalue weighted by Crippen LogP contribution is -2.44. The Labute approximate surface area is 198 Å². The van der Waals surface area contributed by atoms with Crippen molar-refractivity contribution >= 4 is 45.1 Å². The Balaban J connectivity index is 1.54. The zero-order chi connectivity index (χ0) is 23.6. The Morgan fingerprint density at radius 1 is 1.24 bits per heavy atom. The van der Waals surface area contributed by atoms with Crippen molar-refractivity contribution in [3.05, 3.63) is 63.2 Å². The largest absolute Gasteiger partial charge is 0.355 e. The van der Waals surface area contributed by atoms with Crippen LogP contribution in [0.1, 0.15) is 40.3 Å². The molecule has 0 saturated carbocycles. The molecule has 33 heavy (non-hydrogen) atoms. The van der Waals surface area contributed by atoms with E-state index in [0.717, 1.165) is 21.7 Å². The summed E-state index contributed by atoms with van der Waals surface area (Å²) >= 11 is 1.54. The van der Waals surface area contributed by atoms with Crippen LogP contribution in [0.5, 0.6) is 0 Å². The first-order valence-electron chi connectivity index (χ1n) is 10.8. The van der Waals surface area contributed by atoms with Crippen LogP contribution >= 0.6 is 11.3 Å². The highest BCUT2D eigenvalue weighted by Crippen LogP contribution is 2.30. The summed E-state index contributed by atoms with van der Waals surface area (Å²) in [4.78, 5) is 14.0. The second kappa shape index (κ2) is 9.62. The summed E-state index contributed by atoms with van der Waals surface area (Å²) in [6.45, 7) is 6.00. The van der Waals surface area contributed by atoms with Gasteiger partial charge in [-0.25, -0.2) is 8.42 Å². The molecule has 0 bridgehead atoms. The highest BCUT2D eigenvalue weighted by atomic mass is 32.2. The zero-order valence-corrected chi connectivity index (χ0v) is 20.5. The molecular weight excluding hydrogens is 458 g/mol. The third-order valence-electron chi connectivity index (χ3n) is 5.78. The molecule has 1 atom stereocenters. The first kappa shape index (κ1) is 23.4. The summed E-state index contributed by atoms with van der Waals surface area (Å²) in [6, 6.07) is 9.73. The normalized spacial score (nSPS) is 17.5. The number of hydrogen-bond acceptors (Lipinski definition) is 6. The highest BCUT2D eigenvalue weighted by molar-refractivity contribution is 7.89. The van der Waals surface area contributed by atoms with Gasteiger partial charge in [-0.3, -0.25) is 4.79 Å². The highest BCUT2D eigenvalue weighted by Gasteiger charge is 2.37. The molecule has 0 spiro atoms. The van der Waals surface area contributed by atoms with Crippen LogP contribution in [0.3, 0.4) is 0 Å². The molecule has 1 aliphatic heterocycles. The van der Waals surface area contributed by atoms with Crippen LogP contribution in [-0.4, -0.2) is 36.9 Å². The minimum absolute atomic E-state index is 0.0610. The van der Waals surface area contributed by atoms with Crippen LogP contribution in [-0.2, 0) is 14.8 Å². The summed E-state index contributed by atoms with van der Waals surface area (Å²) in [6.07, 6.45) is 4.68. The van der Waals surface area contributed by atoms with Crippen molar-refractivity contribution < 1.29 is 17.7 Å². The monoisotopic (exact) mass is 485 g/mol. The number of carbonyl (C=O) groups excluding carboxylic acids is 1. The molecule has 2 aromatic heterocycles. The van der Waals surface area contributed by atoms with Gasteiger partial charge < -0.3 is 9.84 Å². The SMILES string of the molecule is Cc1ccc(C)c(NC(=O)[C@H]2CCCN(S(=O)(=O)c3c(C)noc3/C=C/c3cccs3)C2)c1. The van der Waals surface area contributed by atoms with Gasteiger partial charge in [-0.15, -0.1) is 11.3 Å². The molecule has 1 aliphatic rings. The molecule has 1 amide bonds. The van der Waals surface area contributed by atoms with Crippen molar-refractivity contribution in [3.8, 4) is 0 Å². The minimum Gasteiger partial charge on any atom is -0.355 e. The number of anilines is 1. The molecule has 1 aromatic carbocycles. The predicted molar refractivity (Wildman–Crippen MR) is 131 cm³/mol. The molecule has 7 nitrogen and oxygen atoms in total. The van der Waals surface area contributed by atoms with Gasteiger partial charge >= 0.3 is 0 Å². The van der Waals surface area contributed by atoms with Gasteiger partial charge in [0.2, 0.25) is 15.9 Å². The summed E-state index contributed by atoms with van der Waals surface area (Å²) < 4.78 is 33.8. The molecule has 4 rings (SSSR count). The number of piperidine rings is 1. The van der Waals surface area contributed by atoms with Gasteiger partial charge in [-0.1, -0.05) is 23.4 Å². The zero-order valence-electron chi connectivity index (χ0n) is 18.9. The average molecular weight is 486 g/mol. The number of aryl methyl sites for hydroxylation is 3. The number of nitrogens with one attached hydrogen (secondary N) is 1. The van der Waals surface area contributed by atoms with Gasteiger partial charge in [0.1, 0.15) is 5.69 Å². The van der Waals surface area contributed by atoms with Gasteiger partial charge in [0.15, 0.2) is 10.7 Å². The van der Waals surface area contributed by atoms with Crippen LogP contribution < -0.4 is 5.32 Å². The number of aromatic nitrogens is 1. The van der Waals surface area contributed by atoms with Crippen LogP contribution in [0.15, 0.2) is 45.1 Å². The standard InChI is InChI=1S/C24H27N3O4S2/c1-16-8-9-17(2)21(14-16)25-24(28)19-6-4-12-27(15-19)33(29,30)23-18(3)26-31-22(23)11-10-20-7-5-13-32-20/h5,7-11,13-14,19H,4,6,12,15H2,1-3H3,(H,25,28)/b11-10+/t19-/m0/s1. The molecule has 0 unspecified atom stereocenters. The molecule has 0 radical (unpaired) electrons. The van der Waals surface area contributed by atoms with E-state index in [1.165, 1.54) is 4.31 Å². The van der Waals surface area contributed by atoms with Crippen LogP contribution in [0.2, 0.25) is 0 Å². The van der Waals surface area contributed by atoms with Gasteiger partial charge in [0.25, 0.3) is 0 Å². The van der Waals surface area contributed by atoms with Crippen molar-refractivity contribution in [3.63, 3.8) is 0 Å². The van der Waals surface area contributed by atoms with Crippen molar-refractivity contribution in [2.24, 2.45) is 5.92 Å². The number of hydrogen-bond donors (Lipinski definition) is 1. The average Bonchev–Trinajstić information content (AvgIpc) is 3.44. The molecule has 3 heterocycles. The molecule has 174 valence electrons. The van der Waals surface area contributed by atoms with E-state index in [0.29, 0.717) is 25.1 Å². The second-order valence-electron chi connectivity index (χ2n) is 8.32. The lowest BCUT2D eigenvalue weighted by atomic mass is 9.98. The Morgan fingerprint density at radius 2 is 2.06 bits per heavy atom. The van der Waals surface area contributed by atoms with E-state index < -0.39 is 15.9 Å². The van der Waals surface area contributed by atoms with Crippen molar-refractivity contribution in [1.82, 2.24) is 9.46 Å². The van der Waals surface area contributed by atoms with Crippen LogP contribution in [0, 0.1) is 26.7 Å². The number of thiophene rings is 1. The maximum absolute atomic E-state index is 13.5. The van der Waals surface area contributed by atoms with E-state index in [1.54, 1.807) is 30.4 Å². The van der Waals surface area contributed by atoms with Crippen LogP contribution in [0.4, 0.5) is 5.69 Å². The van der Waals surface area contributed by atoms with Crippen molar-refractivity contribution in [2.75, 3.05) is 18.4 Å². The van der Waals surface area contributed by atoms with E-state index in [9.17, 15) is 13.2 Å². The molecule has 9 heteroatoms. The number of sulfonamides is 1. The summed E-state index contributed by atoms with van der Waals surface area (Å²) in [5, 5.41) is 8.83. The summed E-state index contributed by atoms with van der Waals surface area (Å²) in [5.41, 5.74) is 3.09. The maximum Gasteiger partial charge on any atom is 0.248 e. The van der Waals surface area contributed by atoms with Gasteiger partial charge in [-0.2, -0.15) is 4.31 Å². The topological polar surface area (TPSA) is 92.5 Å². The second-order valence-corrected chi connectivity index (χ2v) is 11.2. The van der Waals surface area contributed by atoms with Crippen molar-refractivity contribution in [2.45, 2.75) is 38.5 Å². The third kappa shape index (κ3) is 5.10. The van der Waals surface area contributed by atoms with E-state index >= 15 is 0 Å². The summed E-state index contributed by atoms with van der Waals surface area (Å²) in [5.74, 6) is -0.398. The molecule has 3 aromatic rings. The number of carbonyl (C=O) groups is 1. The summed E-state index contributed by atoms with van der Waals surface area (Å²) in [7, 11) is -3.88. The fraction of sp³-hybridized carbons (Fsp3) is 0.333. The number of nitrogens with zero attached hydrogens (tertiary/aromatic N) is 2. The molecular formula is C24H27N3O4S2. The molecule has 1 saturated heterocycles. The predicted octanol–water partition coefficient (Wildman–Crippen LogP) is 4.87. The van der Waals surface area contributed by atoms with Crippen molar-refractivity contribution in [1.29, 1.82) is 0 Å². The molecule has 0 aliphatic carbocycles. The van der Waals surface area contributed by atoms with E-state index in [1.807, 2.05) is 49.6 Å². The molecule has 1 N–H and O–H groups in total. The van der Waals surface area contributed by atoms with Gasteiger partial charge in [0.05, 0.1) is 5.92 Å². The third-order valence-corrected chi connectivity index (χ3v) is 8.64. The van der Waals surface area contributed by atoms with E-state index in [2.05, 4.69) is 10.5 Å². The fourth-order valence-electron chi connectivity index (χ4n) is 3.95. The number of amides is 1. The van der Waals surface area contributed by atoms with Gasteiger partial charge in [-0.05, 0) is 74.4 Å². The quantitative estimate of drug-likeness (QED) is 0.538. The van der Waals surface area contributed by atoms with E-state index in [4.69, 9.17) is 4.52 Å². The number of rotatable bonds is 6. The smallest absolute Gasteiger partial charge is 0.248 e. The first-order chi connectivity index (χ1) is 15.8.